The van der Waals surface area contributed by atoms with E-state index in [2.05, 4.69) is 6.58 Å². The van der Waals surface area contributed by atoms with Crippen LogP contribution in [-0.4, -0.2) is 5.97 Å². The van der Waals surface area contributed by atoms with E-state index >= 15 is 0 Å². The molecular formula is C28H26F2O2. The molecule has 0 amide bonds. The van der Waals surface area contributed by atoms with Crippen LogP contribution in [0.15, 0.2) is 79.4 Å². The third-order valence-corrected chi connectivity index (χ3v) is 6.28. The number of ether oxygens (including phenoxy) is 1. The molecule has 1 fully saturated rings. The largest absolute Gasteiger partial charge is 0.423 e. The maximum atomic E-state index is 13.5. The molecule has 3 aromatic rings. The van der Waals surface area contributed by atoms with Crippen LogP contribution in [0.4, 0.5) is 8.78 Å². The minimum atomic E-state index is -0.897. The number of allylic oxidation sites excluding steroid dienone is 1. The minimum Gasteiger partial charge on any atom is -0.423 e. The van der Waals surface area contributed by atoms with Gasteiger partial charge in [0.15, 0.2) is 11.6 Å². The Kier molecular flexibility index (Phi) is 6.79. The molecule has 0 spiro atoms. The van der Waals surface area contributed by atoms with Crippen molar-refractivity contribution in [1.82, 2.24) is 0 Å². The van der Waals surface area contributed by atoms with Gasteiger partial charge in [0.05, 0.1) is 5.56 Å². The van der Waals surface area contributed by atoms with Gasteiger partial charge in [-0.2, -0.15) is 0 Å². The summed E-state index contributed by atoms with van der Waals surface area (Å²) < 4.78 is 32.1. The molecule has 4 rings (SSSR count). The Morgan fingerprint density at radius 1 is 0.875 bits per heavy atom. The smallest absolute Gasteiger partial charge is 0.343 e. The van der Waals surface area contributed by atoms with Crippen molar-refractivity contribution in [1.29, 1.82) is 0 Å². The van der Waals surface area contributed by atoms with E-state index in [4.69, 9.17) is 4.74 Å². The first-order chi connectivity index (χ1) is 15.5. The molecule has 0 aliphatic heterocycles. The first-order valence-corrected chi connectivity index (χ1v) is 11.0. The minimum absolute atomic E-state index is 0.394. The number of hydrogen-bond acceptors (Lipinski definition) is 2. The molecule has 0 unspecified atom stereocenters. The van der Waals surface area contributed by atoms with Gasteiger partial charge in [-0.05, 0) is 97.0 Å². The molecule has 0 heterocycles. The summed E-state index contributed by atoms with van der Waals surface area (Å²) in [6.07, 6.45) is 7.90. The molecule has 0 bridgehead atoms. The maximum absolute atomic E-state index is 13.5. The molecule has 3 aromatic carbocycles. The fourth-order valence-corrected chi connectivity index (χ4v) is 4.42. The predicted molar refractivity (Wildman–Crippen MR) is 123 cm³/mol. The van der Waals surface area contributed by atoms with Crippen LogP contribution in [0.2, 0.25) is 0 Å². The van der Waals surface area contributed by atoms with Gasteiger partial charge in [-0.25, -0.2) is 13.6 Å². The molecule has 1 aliphatic carbocycles. The molecule has 0 atom stereocenters. The zero-order valence-corrected chi connectivity index (χ0v) is 17.9. The summed E-state index contributed by atoms with van der Waals surface area (Å²) in [4.78, 5) is 12.5. The quantitative estimate of drug-likeness (QED) is 0.227. The Balaban J connectivity index is 1.36. The zero-order chi connectivity index (χ0) is 22.5. The van der Waals surface area contributed by atoms with Gasteiger partial charge in [0.25, 0.3) is 0 Å². The second-order valence-corrected chi connectivity index (χ2v) is 8.41. The van der Waals surface area contributed by atoms with E-state index in [1.165, 1.54) is 37.3 Å². The average Bonchev–Trinajstić information content (AvgIpc) is 2.82. The van der Waals surface area contributed by atoms with Gasteiger partial charge in [0, 0.05) is 0 Å². The molecule has 0 aromatic heterocycles. The molecule has 164 valence electrons. The van der Waals surface area contributed by atoms with Crippen molar-refractivity contribution in [2.45, 2.75) is 38.0 Å². The van der Waals surface area contributed by atoms with Crippen molar-refractivity contribution in [3.63, 3.8) is 0 Å². The predicted octanol–water partition coefficient (Wildman–Crippen LogP) is 7.70. The lowest BCUT2D eigenvalue weighted by molar-refractivity contribution is 0.0734. The van der Waals surface area contributed by atoms with E-state index < -0.39 is 17.6 Å². The van der Waals surface area contributed by atoms with Gasteiger partial charge >= 0.3 is 5.97 Å². The lowest BCUT2D eigenvalue weighted by Crippen LogP contribution is -2.13. The van der Waals surface area contributed by atoms with Crippen molar-refractivity contribution in [2.24, 2.45) is 5.92 Å². The Labute approximate surface area is 187 Å². The molecule has 1 saturated carbocycles. The number of carbonyl (C=O) groups excluding carboxylic acids is 1. The van der Waals surface area contributed by atoms with Crippen LogP contribution in [0.5, 0.6) is 5.75 Å². The van der Waals surface area contributed by atoms with Crippen molar-refractivity contribution in [2.75, 3.05) is 0 Å². The highest BCUT2D eigenvalue weighted by molar-refractivity contribution is 5.91. The summed E-state index contributed by atoms with van der Waals surface area (Å²) in [5.41, 5.74) is 3.03. The van der Waals surface area contributed by atoms with E-state index in [1.807, 2.05) is 30.3 Å². The first kappa shape index (κ1) is 21.9. The highest BCUT2D eigenvalue weighted by atomic mass is 19.2. The van der Waals surface area contributed by atoms with E-state index in [9.17, 15) is 13.6 Å². The third-order valence-electron chi connectivity index (χ3n) is 6.28. The van der Waals surface area contributed by atoms with Gasteiger partial charge in [-0.3, -0.25) is 0 Å². The van der Waals surface area contributed by atoms with Crippen LogP contribution in [0.1, 0.15) is 53.9 Å². The lowest BCUT2D eigenvalue weighted by atomic mass is 9.77. The van der Waals surface area contributed by atoms with Gasteiger partial charge < -0.3 is 4.74 Å². The van der Waals surface area contributed by atoms with Crippen molar-refractivity contribution >= 4 is 5.97 Å². The van der Waals surface area contributed by atoms with Gasteiger partial charge in [0.2, 0.25) is 0 Å². The Hall–Kier alpha value is -3.27. The van der Waals surface area contributed by atoms with E-state index in [1.54, 1.807) is 24.3 Å². The number of halogens is 2. The van der Waals surface area contributed by atoms with Crippen molar-refractivity contribution in [3.8, 4) is 16.9 Å². The summed E-state index contributed by atoms with van der Waals surface area (Å²) in [6, 6.07) is 18.2. The Morgan fingerprint density at radius 3 is 2.16 bits per heavy atom. The fourth-order valence-electron chi connectivity index (χ4n) is 4.42. The van der Waals surface area contributed by atoms with E-state index in [0.717, 1.165) is 24.5 Å². The average molecular weight is 433 g/mol. The highest BCUT2D eigenvalue weighted by Crippen LogP contribution is 2.37. The number of benzene rings is 3. The summed E-state index contributed by atoms with van der Waals surface area (Å²) in [6.45, 7) is 3.84. The normalized spacial score (nSPS) is 18.2. The summed E-state index contributed by atoms with van der Waals surface area (Å²) in [5.74, 6) is -0.508. The van der Waals surface area contributed by atoms with Crippen molar-refractivity contribution in [3.05, 3.63) is 102 Å². The number of rotatable bonds is 6. The van der Waals surface area contributed by atoms with Crippen LogP contribution < -0.4 is 4.74 Å². The Morgan fingerprint density at radius 2 is 1.53 bits per heavy atom. The third kappa shape index (κ3) is 5.13. The van der Waals surface area contributed by atoms with Gasteiger partial charge in [-0.1, -0.05) is 36.4 Å². The molecule has 32 heavy (non-hydrogen) atoms. The van der Waals surface area contributed by atoms with Gasteiger partial charge in [0.1, 0.15) is 5.75 Å². The van der Waals surface area contributed by atoms with Crippen LogP contribution in [-0.2, 0) is 0 Å². The SMILES string of the molecule is C=CC[C@H]1CC[C@H](c2ccc(C(=O)Oc3ccc(-c4ccc(F)c(F)c4)cc3)cc2)CC1. The van der Waals surface area contributed by atoms with Crippen molar-refractivity contribution < 1.29 is 18.3 Å². The molecule has 0 N–H and O–H groups in total. The van der Waals surface area contributed by atoms with Crippen LogP contribution >= 0.6 is 0 Å². The maximum Gasteiger partial charge on any atom is 0.343 e. The summed E-state index contributed by atoms with van der Waals surface area (Å²) in [5, 5.41) is 0. The van der Waals surface area contributed by atoms with E-state index in [-0.39, 0.29) is 0 Å². The van der Waals surface area contributed by atoms with Crippen LogP contribution in [0, 0.1) is 17.6 Å². The Bertz CT molecular complexity index is 1080. The zero-order valence-electron chi connectivity index (χ0n) is 17.9. The molecule has 1 aliphatic rings. The van der Waals surface area contributed by atoms with Crippen LogP contribution in [0.25, 0.3) is 11.1 Å². The summed E-state index contributed by atoms with van der Waals surface area (Å²) >= 11 is 0. The number of carbonyl (C=O) groups is 1. The topological polar surface area (TPSA) is 26.3 Å². The second-order valence-electron chi connectivity index (χ2n) is 8.41. The van der Waals surface area contributed by atoms with Crippen LogP contribution in [0.3, 0.4) is 0 Å². The first-order valence-electron chi connectivity index (χ1n) is 11.0. The monoisotopic (exact) mass is 432 g/mol. The molecule has 0 radical (unpaired) electrons. The number of hydrogen-bond donors (Lipinski definition) is 0. The molecule has 2 nitrogen and oxygen atoms in total. The molecule has 0 saturated heterocycles. The molecule has 4 heteroatoms. The fraction of sp³-hybridized carbons (Fsp3) is 0.250. The second kappa shape index (κ2) is 9.90. The standard InChI is InChI=1S/C28H26F2O2/c1-2-3-19-4-6-20(7-5-19)21-8-10-23(11-9-21)28(31)32-25-15-12-22(13-16-25)24-14-17-26(29)27(30)18-24/h2,8-20H,1,3-7H2/t19-,20-. The summed E-state index contributed by atoms with van der Waals surface area (Å²) in [7, 11) is 0. The lowest BCUT2D eigenvalue weighted by Gasteiger charge is -2.28. The van der Waals surface area contributed by atoms with Gasteiger partial charge in [-0.15, -0.1) is 6.58 Å². The molecular weight excluding hydrogens is 406 g/mol. The highest BCUT2D eigenvalue weighted by Gasteiger charge is 2.22. The number of esters is 1. The van der Waals surface area contributed by atoms with E-state index in [0.29, 0.717) is 28.4 Å².